The Morgan fingerprint density at radius 1 is 1.16 bits per heavy atom. The summed E-state index contributed by atoms with van der Waals surface area (Å²) >= 11 is 1.34. The molecule has 32 heavy (non-hydrogen) atoms. The summed E-state index contributed by atoms with van der Waals surface area (Å²) < 4.78 is 9.55. The second-order valence-electron chi connectivity index (χ2n) is 7.41. The third-order valence-corrected chi connectivity index (χ3v) is 6.48. The molecule has 0 aliphatic heterocycles. The minimum Gasteiger partial charge on any atom is -0.495 e. The van der Waals surface area contributed by atoms with Crippen LogP contribution in [0.3, 0.4) is 0 Å². The minimum absolute atomic E-state index is 0.0213. The highest BCUT2D eigenvalue weighted by Crippen LogP contribution is 2.31. The zero-order valence-corrected chi connectivity index (χ0v) is 18.3. The molecule has 0 bridgehead atoms. The van der Waals surface area contributed by atoms with Gasteiger partial charge in [0.25, 0.3) is 11.2 Å². The van der Waals surface area contributed by atoms with Crippen LogP contribution in [0.25, 0.3) is 27.8 Å². The number of ether oxygens (including phenoxy) is 1. The molecule has 0 aliphatic carbocycles. The fourth-order valence-corrected chi connectivity index (χ4v) is 5.00. The molecule has 9 heteroatoms. The highest BCUT2D eigenvalue weighted by molar-refractivity contribution is 7.15. The van der Waals surface area contributed by atoms with Crippen LogP contribution < -0.4 is 14.8 Å². The molecular weight excluding hydrogens is 428 g/mol. The minimum atomic E-state index is -0.431. The van der Waals surface area contributed by atoms with E-state index in [1.54, 1.807) is 10.5 Å². The number of methoxy groups -OCH3 is 1. The van der Waals surface area contributed by atoms with E-state index in [4.69, 9.17) is 4.74 Å². The summed E-state index contributed by atoms with van der Waals surface area (Å²) in [7, 11) is 1.53. The summed E-state index contributed by atoms with van der Waals surface area (Å²) in [6.45, 7) is 3.82. The predicted octanol–water partition coefficient (Wildman–Crippen LogP) is 3.78. The van der Waals surface area contributed by atoms with E-state index in [1.165, 1.54) is 30.6 Å². The molecule has 3 aromatic heterocycles. The number of rotatable bonds is 4. The summed E-state index contributed by atoms with van der Waals surface area (Å²) in [5.41, 5.74) is 4.58. The number of thiazole rings is 1. The summed E-state index contributed by atoms with van der Waals surface area (Å²) in [6, 6.07) is 14.0. The van der Waals surface area contributed by atoms with Crippen LogP contribution in [0.15, 0.2) is 53.3 Å². The van der Waals surface area contributed by atoms with Gasteiger partial charge in [-0.1, -0.05) is 23.5 Å². The lowest BCUT2D eigenvalue weighted by molar-refractivity contribution is -0.384. The number of nitrogens with zero attached hydrogens (tertiary/aromatic N) is 4. The number of fused-ring (bicyclic) bond motifs is 3. The number of aryl methyl sites for hydroxylation is 1. The lowest BCUT2D eigenvalue weighted by atomic mass is 10.2. The number of nitro benzene ring substituents is 1. The van der Waals surface area contributed by atoms with Crippen molar-refractivity contribution in [2.24, 2.45) is 0 Å². The molecule has 5 aromatic rings. The molecule has 0 unspecified atom stereocenters. The lowest BCUT2D eigenvalue weighted by Gasteiger charge is -2.13. The Bertz CT molecular complexity index is 1640. The molecule has 0 saturated heterocycles. The average molecular weight is 446 g/mol. The molecule has 0 spiro atoms. The number of benzene rings is 2. The van der Waals surface area contributed by atoms with E-state index in [1.807, 2.05) is 54.8 Å². The molecule has 3 heterocycles. The van der Waals surface area contributed by atoms with Gasteiger partial charge in [0.1, 0.15) is 5.75 Å². The van der Waals surface area contributed by atoms with Crippen LogP contribution in [0.2, 0.25) is 0 Å². The number of hydrogen-bond acceptors (Lipinski definition) is 6. The molecule has 160 valence electrons. The van der Waals surface area contributed by atoms with Crippen molar-refractivity contribution in [3.05, 3.63) is 90.5 Å². The highest BCUT2D eigenvalue weighted by Gasteiger charge is 2.18. The van der Waals surface area contributed by atoms with Gasteiger partial charge in [0, 0.05) is 23.5 Å². The molecule has 0 saturated carbocycles. The smallest absolute Gasteiger partial charge is 0.274 e. The van der Waals surface area contributed by atoms with E-state index in [0.29, 0.717) is 20.9 Å². The van der Waals surface area contributed by atoms with E-state index in [2.05, 4.69) is 4.98 Å². The van der Waals surface area contributed by atoms with Gasteiger partial charge in [-0.15, -0.1) is 0 Å². The molecule has 0 fully saturated rings. The number of non-ortho nitro benzene ring substituents is 1. The Hall–Kier alpha value is -3.98. The SMILES string of the molecule is COc1ccc([N+](=O)[O-])cc1-n1c(C)cc(C=c2sc3nc4ccccc4n3c2=O)c1C. The van der Waals surface area contributed by atoms with E-state index in [0.717, 1.165) is 28.0 Å². The van der Waals surface area contributed by atoms with Gasteiger partial charge in [0.05, 0.1) is 33.3 Å². The molecule has 0 N–H and O–H groups in total. The van der Waals surface area contributed by atoms with Crippen molar-refractivity contribution < 1.29 is 9.66 Å². The summed E-state index contributed by atoms with van der Waals surface area (Å²) in [5.74, 6) is 0.523. The van der Waals surface area contributed by atoms with Crippen LogP contribution in [0.1, 0.15) is 17.0 Å². The van der Waals surface area contributed by atoms with Crippen molar-refractivity contribution in [2.75, 3.05) is 7.11 Å². The van der Waals surface area contributed by atoms with E-state index in [9.17, 15) is 14.9 Å². The zero-order valence-electron chi connectivity index (χ0n) is 17.5. The number of imidazole rings is 1. The number of aromatic nitrogens is 3. The first kappa shape index (κ1) is 20.0. The van der Waals surface area contributed by atoms with E-state index < -0.39 is 4.92 Å². The fourth-order valence-electron chi connectivity index (χ4n) is 4.02. The zero-order chi connectivity index (χ0) is 22.6. The quantitative estimate of drug-likeness (QED) is 0.309. The monoisotopic (exact) mass is 446 g/mol. The Kier molecular flexibility index (Phi) is 4.56. The normalized spacial score (nSPS) is 12.2. The van der Waals surface area contributed by atoms with Crippen molar-refractivity contribution >= 4 is 39.1 Å². The molecular formula is C23H18N4O4S. The molecule has 0 atom stereocenters. The van der Waals surface area contributed by atoms with Gasteiger partial charge in [0.15, 0.2) is 4.96 Å². The van der Waals surface area contributed by atoms with Gasteiger partial charge in [-0.3, -0.25) is 14.9 Å². The standard InChI is InChI=1S/C23H18N4O4S/c1-13-10-15(14(2)25(13)19-12-16(27(29)30)8-9-20(19)31-3)11-21-22(28)26-18-7-5-4-6-17(18)24-23(26)32-21/h4-12H,1-3H3. The summed E-state index contributed by atoms with van der Waals surface area (Å²) in [4.78, 5) is 29.2. The van der Waals surface area contributed by atoms with Crippen molar-refractivity contribution in [1.29, 1.82) is 0 Å². The van der Waals surface area contributed by atoms with Gasteiger partial charge in [-0.2, -0.15) is 0 Å². The van der Waals surface area contributed by atoms with E-state index >= 15 is 0 Å². The third kappa shape index (κ3) is 2.97. The summed E-state index contributed by atoms with van der Waals surface area (Å²) in [5, 5.41) is 11.3. The molecule has 0 amide bonds. The van der Waals surface area contributed by atoms with Gasteiger partial charge in [-0.05, 0) is 49.8 Å². The van der Waals surface area contributed by atoms with Crippen LogP contribution >= 0.6 is 11.3 Å². The number of nitro groups is 1. The van der Waals surface area contributed by atoms with Crippen LogP contribution in [-0.4, -0.2) is 26.0 Å². The van der Waals surface area contributed by atoms with Crippen molar-refractivity contribution in [1.82, 2.24) is 14.0 Å². The van der Waals surface area contributed by atoms with E-state index in [-0.39, 0.29) is 11.2 Å². The molecule has 8 nitrogen and oxygen atoms in total. The van der Waals surface area contributed by atoms with Crippen LogP contribution in [0, 0.1) is 24.0 Å². The second kappa shape index (κ2) is 7.31. The largest absolute Gasteiger partial charge is 0.495 e. The number of para-hydroxylation sites is 2. The Balaban J connectivity index is 1.70. The third-order valence-electron chi connectivity index (χ3n) is 5.52. The fraction of sp³-hybridized carbons (Fsp3) is 0.130. The van der Waals surface area contributed by atoms with Crippen LogP contribution in [-0.2, 0) is 0 Å². The topological polar surface area (TPSA) is 91.7 Å². The first-order chi connectivity index (χ1) is 15.4. The van der Waals surface area contributed by atoms with Gasteiger partial charge in [0.2, 0.25) is 0 Å². The number of hydrogen-bond donors (Lipinski definition) is 0. The van der Waals surface area contributed by atoms with Crippen molar-refractivity contribution in [3.63, 3.8) is 0 Å². The van der Waals surface area contributed by atoms with Crippen LogP contribution in [0.4, 0.5) is 5.69 Å². The maximum atomic E-state index is 13.1. The lowest BCUT2D eigenvalue weighted by Crippen LogP contribution is -2.22. The first-order valence-corrected chi connectivity index (χ1v) is 10.6. The van der Waals surface area contributed by atoms with Crippen molar-refractivity contribution in [2.45, 2.75) is 13.8 Å². The predicted molar refractivity (Wildman–Crippen MR) is 124 cm³/mol. The van der Waals surface area contributed by atoms with Gasteiger partial charge >= 0.3 is 0 Å². The molecule has 2 aromatic carbocycles. The Labute approximate surface area is 185 Å². The molecule has 5 rings (SSSR count). The average Bonchev–Trinajstić information content (AvgIpc) is 3.38. The second-order valence-corrected chi connectivity index (χ2v) is 8.42. The van der Waals surface area contributed by atoms with Crippen LogP contribution in [0.5, 0.6) is 5.75 Å². The Morgan fingerprint density at radius 3 is 2.69 bits per heavy atom. The van der Waals surface area contributed by atoms with Gasteiger partial charge in [-0.25, -0.2) is 9.38 Å². The maximum absolute atomic E-state index is 13.1. The highest BCUT2D eigenvalue weighted by atomic mass is 32.1. The summed E-state index contributed by atoms with van der Waals surface area (Å²) in [6.07, 6.45) is 1.85. The maximum Gasteiger partial charge on any atom is 0.274 e. The Morgan fingerprint density at radius 2 is 1.94 bits per heavy atom. The van der Waals surface area contributed by atoms with Gasteiger partial charge < -0.3 is 9.30 Å². The first-order valence-electron chi connectivity index (χ1n) is 9.82. The van der Waals surface area contributed by atoms with Crippen molar-refractivity contribution in [3.8, 4) is 11.4 Å². The molecule has 0 radical (unpaired) electrons. The molecule has 0 aliphatic rings.